The minimum atomic E-state index is 0.259. The molecule has 0 bridgehead atoms. The highest BCUT2D eigenvalue weighted by Gasteiger charge is 2.01. The number of hydrogen-bond donors (Lipinski definition) is 2. The first-order valence-electron chi connectivity index (χ1n) is 16.0. The molecule has 0 radical (unpaired) electrons. The second kappa shape index (κ2) is 31.9. The number of hydroxylamine groups is 2. The van der Waals surface area contributed by atoms with Gasteiger partial charge in [-0.3, -0.25) is 0 Å². The topological polar surface area (TPSA) is 42.5 Å². The van der Waals surface area contributed by atoms with E-state index in [1.54, 1.807) is 0 Å². The molecular weight excluding hydrogens is 432 g/mol. The van der Waals surface area contributed by atoms with Crippen LogP contribution in [0.5, 0.6) is 0 Å². The third-order valence-electron chi connectivity index (χ3n) is 6.98. The van der Waals surface area contributed by atoms with Crippen LogP contribution >= 0.6 is 0 Å². The van der Waals surface area contributed by atoms with Crippen molar-refractivity contribution in [1.29, 1.82) is 0 Å². The van der Waals surface area contributed by atoms with Crippen molar-refractivity contribution in [2.75, 3.05) is 19.8 Å². The minimum absolute atomic E-state index is 0.259. The maximum atomic E-state index is 5.62. The van der Waals surface area contributed by atoms with Gasteiger partial charge in [0.2, 0.25) is 0 Å². The predicted octanol–water partition coefficient (Wildman–Crippen LogP) is 9.82. The van der Waals surface area contributed by atoms with Gasteiger partial charge in [0.25, 0.3) is 0 Å². The van der Waals surface area contributed by atoms with Gasteiger partial charge >= 0.3 is 0 Å². The molecule has 0 amide bonds. The fourth-order valence-corrected chi connectivity index (χ4v) is 4.53. The highest BCUT2D eigenvalue weighted by atomic mass is 16.7. The molecule has 4 nitrogen and oxygen atoms in total. The average molecular weight is 499 g/mol. The molecule has 0 saturated heterocycles. The molecule has 0 spiro atoms. The maximum Gasteiger partial charge on any atom is 0.0682 e. The lowest BCUT2D eigenvalue weighted by molar-refractivity contribution is -0.00909. The van der Waals surface area contributed by atoms with Gasteiger partial charge in [-0.1, -0.05) is 155 Å². The SMILES string of the molecule is CCCCCCCCCCCCCCONCC(C)NOCCCCCCCCCCCCCC. The second-order valence-electron chi connectivity index (χ2n) is 10.8. The van der Waals surface area contributed by atoms with Crippen molar-refractivity contribution in [2.24, 2.45) is 0 Å². The monoisotopic (exact) mass is 499 g/mol. The lowest BCUT2D eigenvalue weighted by Crippen LogP contribution is -2.36. The molecule has 0 aromatic heterocycles. The van der Waals surface area contributed by atoms with Crippen molar-refractivity contribution in [3.8, 4) is 0 Å². The van der Waals surface area contributed by atoms with Crippen molar-refractivity contribution in [3.05, 3.63) is 0 Å². The molecule has 2 N–H and O–H groups in total. The summed E-state index contributed by atoms with van der Waals surface area (Å²) in [6.45, 7) is 9.09. The van der Waals surface area contributed by atoms with Gasteiger partial charge in [-0.05, 0) is 19.8 Å². The van der Waals surface area contributed by atoms with Crippen molar-refractivity contribution in [2.45, 2.75) is 181 Å². The molecule has 0 aromatic carbocycles. The van der Waals surface area contributed by atoms with E-state index >= 15 is 0 Å². The smallest absolute Gasteiger partial charge is 0.0682 e. The summed E-state index contributed by atoms with van der Waals surface area (Å²) < 4.78 is 0. The summed E-state index contributed by atoms with van der Waals surface area (Å²) in [5.74, 6) is 0. The Morgan fingerprint density at radius 1 is 0.429 bits per heavy atom. The first kappa shape index (κ1) is 34.8. The zero-order valence-electron chi connectivity index (χ0n) is 24.5. The number of nitrogens with one attached hydrogen (secondary N) is 2. The molecule has 0 rings (SSSR count). The molecule has 35 heavy (non-hydrogen) atoms. The van der Waals surface area contributed by atoms with Gasteiger partial charge < -0.3 is 9.68 Å². The summed E-state index contributed by atoms with van der Waals surface area (Å²) in [7, 11) is 0. The molecule has 0 aromatic rings. The van der Waals surface area contributed by atoms with E-state index < -0.39 is 0 Å². The molecule has 1 atom stereocenters. The van der Waals surface area contributed by atoms with E-state index in [1.807, 2.05) is 0 Å². The van der Waals surface area contributed by atoms with Crippen molar-refractivity contribution < 1.29 is 9.68 Å². The Balaban J connectivity index is 3.13. The molecule has 1 unspecified atom stereocenters. The molecule has 0 aliphatic rings. The zero-order chi connectivity index (χ0) is 25.5. The average Bonchev–Trinajstić information content (AvgIpc) is 2.86. The molecular formula is C31H66N2O2. The van der Waals surface area contributed by atoms with Crippen molar-refractivity contribution in [1.82, 2.24) is 11.0 Å². The van der Waals surface area contributed by atoms with Crippen LogP contribution in [0.2, 0.25) is 0 Å². The quantitative estimate of drug-likeness (QED) is 0.0737. The maximum absolute atomic E-state index is 5.62. The predicted molar refractivity (Wildman–Crippen MR) is 155 cm³/mol. The third kappa shape index (κ3) is 31.8. The molecule has 0 aliphatic carbocycles. The summed E-state index contributed by atoms with van der Waals surface area (Å²) >= 11 is 0. The highest BCUT2D eigenvalue weighted by Crippen LogP contribution is 2.13. The van der Waals surface area contributed by atoms with Crippen LogP contribution in [-0.2, 0) is 9.68 Å². The Labute approximate surface area is 221 Å². The Bertz CT molecular complexity index is 368. The fraction of sp³-hybridized carbons (Fsp3) is 1.00. The molecule has 0 heterocycles. The Morgan fingerprint density at radius 2 is 0.743 bits per heavy atom. The van der Waals surface area contributed by atoms with Crippen LogP contribution in [0.25, 0.3) is 0 Å². The van der Waals surface area contributed by atoms with Crippen molar-refractivity contribution in [3.63, 3.8) is 0 Å². The summed E-state index contributed by atoms with van der Waals surface area (Å²) in [4.78, 5) is 11.2. The van der Waals surface area contributed by atoms with Gasteiger partial charge in [0, 0.05) is 12.6 Å². The first-order valence-corrected chi connectivity index (χ1v) is 16.0. The lowest BCUT2D eigenvalue weighted by atomic mass is 10.1. The van der Waals surface area contributed by atoms with Crippen LogP contribution in [-0.4, -0.2) is 25.8 Å². The van der Waals surface area contributed by atoms with Crippen LogP contribution in [0, 0.1) is 0 Å². The largest absolute Gasteiger partial charge is 0.302 e. The fourth-order valence-electron chi connectivity index (χ4n) is 4.53. The van der Waals surface area contributed by atoms with Gasteiger partial charge in [-0.15, -0.1) is 0 Å². The normalized spacial score (nSPS) is 12.4. The van der Waals surface area contributed by atoms with Crippen molar-refractivity contribution >= 4 is 0 Å². The first-order chi connectivity index (χ1) is 17.3. The van der Waals surface area contributed by atoms with E-state index in [2.05, 4.69) is 31.7 Å². The van der Waals surface area contributed by atoms with E-state index in [9.17, 15) is 0 Å². The lowest BCUT2D eigenvalue weighted by Gasteiger charge is -2.14. The Hall–Kier alpha value is -0.160. The molecule has 0 saturated carbocycles. The van der Waals surface area contributed by atoms with E-state index in [-0.39, 0.29) is 6.04 Å². The number of hydrogen-bond acceptors (Lipinski definition) is 4. The van der Waals surface area contributed by atoms with Crippen LogP contribution in [0.3, 0.4) is 0 Å². The van der Waals surface area contributed by atoms with Gasteiger partial charge in [-0.25, -0.2) is 5.48 Å². The van der Waals surface area contributed by atoms with Crippen LogP contribution in [0.1, 0.15) is 175 Å². The van der Waals surface area contributed by atoms with E-state index in [1.165, 1.54) is 141 Å². The summed E-state index contributed by atoms with van der Waals surface area (Å²) in [6.07, 6.45) is 33.1. The molecule has 4 heteroatoms. The van der Waals surface area contributed by atoms with E-state index in [4.69, 9.17) is 9.68 Å². The third-order valence-corrected chi connectivity index (χ3v) is 6.98. The van der Waals surface area contributed by atoms with Gasteiger partial charge in [0.1, 0.15) is 0 Å². The summed E-state index contributed by atoms with van der Waals surface area (Å²) in [5.41, 5.74) is 6.21. The van der Waals surface area contributed by atoms with Crippen LogP contribution in [0.15, 0.2) is 0 Å². The van der Waals surface area contributed by atoms with Gasteiger partial charge in [0.15, 0.2) is 0 Å². The van der Waals surface area contributed by atoms with Crippen LogP contribution in [0.4, 0.5) is 0 Å². The minimum Gasteiger partial charge on any atom is -0.302 e. The van der Waals surface area contributed by atoms with E-state index in [0.29, 0.717) is 0 Å². The second-order valence-corrected chi connectivity index (χ2v) is 10.8. The molecule has 212 valence electrons. The van der Waals surface area contributed by atoms with Gasteiger partial charge in [-0.2, -0.15) is 5.48 Å². The molecule has 0 aliphatic heterocycles. The van der Waals surface area contributed by atoms with Crippen LogP contribution < -0.4 is 11.0 Å². The Morgan fingerprint density at radius 3 is 1.11 bits per heavy atom. The molecule has 0 fully saturated rings. The zero-order valence-corrected chi connectivity index (χ0v) is 24.5. The van der Waals surface area contributed by atoms with Gasteiger partial charge in [0.05, 0.1) is 13.2 Å². The number of unbranched alkanes of at least 4 members (excludes halogenated alkanes) is 22. The summed E-state index contributed by atoms with van der Waals surface area (Å²) in [5, 5.41) is 0. The Kier molecular flexibility index (Phi) is 31.7. The summed E-state index contributed by atoms with van der Waals surface area (Å²) in [6, 6.07) is 0.259. The van der Waals surface area contributed by atoms with E-state index in [0.717, 1.165) is 32.6 Å². The highest BCUT2D eigenvalue weighted by molar-refractivity contribution is 4.55. The standard InChI is InChI=1S/C31H66N2O2/c1-4-6-8-10-12-14-16-18-20-22-24-26-28-34-32-30-31(3)33-35-29-27-25-23-21-19-17-15-13-11-9-7-5-2/h31-33H,4-30H2,1-3H3. The number of rotatable bonds is 31.